The van der Waals surface area contributed by atoms with Gasteiger partial charge in [0.1, 0.15) is 5.69 Å². The first-order chi connectivity index (χ1) is 14.7. The van der Waals surface area contributed by atoms with E-state index in [9.17, 15) is 9.59 Å². The van der Waals surface area contributed by atoms with Crippen molar-refractivity contribution < 1.29 is 9.59 Å². The summed E-state index contributed by atoms with van der Waals surface area (Å²) >= 11 is 1.23. The highest BCUT2D eigenvalue weighted by Crippen LogP contribution is 2.27. The first-order valence-electron chi connectivity index (χ1n) is 9.94. The number of imide groups is 1. The molecule has 8 heteroatoms. The van der Waals surface area contributed by atoms with Crippen LogP contribution < -0.4 is 5.32 Å². The molecule has 0 aliphatic carbocycles. The van der Waals surface area contributed by atoms with Crippen molar-refractivity contribution in [3.8, 4) is 11.4 Å². The Morgan fingerprint density at radius 1 is 1.16 bits per heavy atom. The van der Waals surface area contributed by atoms with Gasteiger partial charge in [-0.3, -0.25) is 19.5 Å². The summed E-state index contributed by atoms with van der Waals surface area (Å²) in [5, 5.41) is 11.6. The van der Waals surface area contributed by atoms with Crippen LogP contribution in [0.2, 0.25) is 0 Å². The van der Waals surface area contributed by atoms with Gasteiger partial charge in [-0.25, -0.2) is 0 Å². The van der Waals surface area contributed by atoms with Crippen molar-refractivity contribution in [1.29, 1.82) is 0 Å². The number of rotatable bonds is 7. The number of hydrogen-bond acceptors (Lipinski definition) is 5. The summed E-state index contributed by atoms with van der Waals surface area (Å²) in [6.45, 7) is 10.8. The Kier molecular flexibility index (Phi) is 6.80. The number of thioether (sulfide) groups is 1. The maximum atomic E-state index is 12.3. The fourth-order valence-electron chi connectivity index (χ4n) is 3.08. The van der Waals surface area contributed by atoms with Crippen molar-refractivity contribution in [2.24, 2.45) is 7.05 Å². The van der Waals surface area contributed by atoms with E-state index >= 15 is 0 Å². The maximum Gasteiger partial charge on any atom is 0.274 e. The predicted octanol–water partition coefficient (Wildman–Crippen LogP) is 3.82. The van der Waals surface area contributed by atoms with Crippen LogP contribution in [0.1, 0.15) is 36.8 Å². The summed E-state index contributed by atoms with van der Waals surface area (Å²) in [5.74, 6) is -0.0529. The van der Waals surface area contributed by atoms with Gasteiger partial charge in [0.2, 0.25) is 5.91 Å². The Bertz CT molecular complexity index is 1090. The van der Waals surface area contributed by atoms with Crippen LogP contribution in [-0.4, -0.2) is 36.9 Å². The Labute approximate surface area is 186 Å². The van der Waals surface area contributed by atoms with Crippen molar-refractivity contribution in [3.05, 3.63) is 66.5 Å². The average Bonchev–Trinajstić information content (AvgIpc) is 3.32. The van der Waals surface area contributed by atoms with Gasteiger partial charge in [-0.05, 0) is 23.1 Å². The molecular formula is C23H27N5O2S. The number of nitrogens with one attached hydrogen (secondary N) is 1. The quantitative estimate of drug-likeness (QED) is 0.449. The number of amides is 2. The minimum atomic E-state index is -0.426. The van der Waals surface area contributed by atoms with Crippen LogP contribution in [-0.2, 0) is 23.8 Å². The molecule has 0 aliphatic heterocycles. The highest BCUT2D eigenvalue weighted by molar-refractivity contribution is 7.99. The average molecular weight is 438 g/mol. The lowest BCUT2D eigenvalue weighted by molar-refractivity contribution is -0.117. The molecular weight excluding hydrogens is 410 g/mol. The summed E-state index contributed by atoms with van der Waals surface area (Å²) in [7, 11) is 1.75. The summed E-state index contributed by atoms with van der Waals surface area (Å²) in [4.78, 5) is 24.5. The lowest BCUT2D eigenvalue weighted by Gasteiger charge is -2.19. The van der Waals surface area contributed by atoms with E-state index in [1.165, 1.54) is 17.3 Å². The summed E-state index contributed by atoms with van der Waals surface area (Å²) < 4.78 is 3.57. The maximum absolute atomic E-state index is 12.3. The molecule has 0 bridgehead atoms. The number of aryl methyl sites for hydroxylation is 1. The van der Waals surface area contributed by atoms with E-state index < -0.39 is 5.91 Å². The first-order valence-corrected chi connectivity index (χ1v) is 10.9. The number of aromatic nitrogens is 4. The molecule has 3 rings (SSSR count). The number of carbonyl (C=O) groups is 2. The van der Waals surface area contributed by atoms with Gasteiger partial charge in [0.25, 0.3) is 5.91 Å². The van der Waals surface area contributed by atoms with Gasteiger partial charge >= 0.3 is 0 Å². The zero-order chi connectivity index (χ0) is 22.6. The molecule has 0 fully saturated rings. The molecule has 0 radical (unpaired) electrons. The fraction of sp³-hybridized carbons (Fsp3) is 0.304. The molecule has 2 heterocycles. The molecule has 7 nitrogen and oxygen atoms in total. The Balaban J connectivity index is 1.71. The Hall–Kier alpha value is -3.13. The number of allylic oxidation sites excluding steroid dienone is 1. The minimum Gasteiger partial charge on any atom is -0.347 e. The topological polar surface area (TPSA) is 81.8 Å². The highest BCUT2D eigenvalue weighted by atomic mass is 32.2. The van der Waals surface area contributed by atoms with E-state index in [4.69, 9.17) is 0 Å². The van der Waals surface area contributed by atoms with Gasteiger partial charge in [-0.1, -0.05) is 62.9 Å². The van der Waals surface area contributed by atoms with E-state index in [1.54, 1.807) is 36.0 Å². The lowest BCUT2D eigenvalue weighted by Crippen LogP contribution is -2.33. The second-order valence-electron chi connectivity index (χ2n) is 8.20. The third kappa shape index (κ3) is 5.32. The molecule has 1 aromatic carbocycles. The molecule has 1 N–H and O–H groups in total. The molecule has 0 saturated carbocycles. The Morgan fingerprint density at radius 2 is 1.87 bits per heavy atom. The van der Waals surface area contributed by atoms with Gasteiger partial charge in [-0.15, -0.1) is 16.8 Å². The second-order valence-corrected chi connectivity index (χ2v) is 9.15. The molecule has 0 saturated heterocycles. The largest absolute Gasteiger partial charge is 0.347 e. The molecule has 162 valence electrons. The van der Waals surface area contributed by atoms with Crippen LogP contribution in [0.4, 0.5) is 0 Å². The normalized spacial score (nSPS) is 11.4. The predicted molar refractivity (Wildman–Crippen MR) is 123 cm³/mol. The number of hydrogen-bond donors (Lipinski definition) is 1. The summed E-state index contributed by atoms with van der Waals surface area (Å²) in [6, 6.07) is 11.7. The monoisotopic (exact) mass is 437 g/mol. The van der Waals surface area contributed by atoms with Gasteiger partial charge in [0, 0.05) is 25.4 Å². The third-order valence-corrected chi connectivity index (χ3v) is 5.77. The number of carbonyl (C=O) groups excluding carboxylic acids is 2. The molecule has 0 spiro atoms. The van der Waals surface area contributed by atoms with E-state index in [-0.39, 0.29) is 17.1 Å². The summed E-state index contributed by atoms with van der Waals surface area (Å²) in [6.07, 6.45) is 3.51. The molecule has 2 aromatic heterocycles. The number of nitrogens with zero attached hydrogens (tertiary/aromatic N) is 4. The molecule has 3 aromatic rings. The van der Waals surface area contributed by atoms with Crippen LogP contribution in [0.3, 0.4) is 0 Å². The smallest absolute Gasteiger partial charge is 0.274 e. The summed E-state index contributed by atoms with van der Waals surface area (Å²) in [5.41, 5.74) is 2.67. The van der Waals surface area contributed by atoms with Crippen LogP contribution in [0.15, 0.2) is 60.4 Å². The number of benzene rings is 1. The van der Waals surface area contributed by atoms with Crippen LogP contribution >= 0.6 is 11.8 Å². The SMILES string of the molecule is C=CCn1c(SCC(=O)NC(=O)c2cccn2C)nnc1-c1ccc(C(C)(C)C)cc1. The molecule has 2 amide bonds. The third-order valence-electron chi connectivity index (χ3n) is 4.80. The standard InChI is InChI=1S/C23H27N5O2S/c1-6-13-28-20(16-9-11-17(12-10-16)23(2,3)4)25-26-22(28)31-15-19(29)24-21(30)18-8-7-14-27(18)5/h6-12,14H,1,13,15H2,2-5H3,(H,24,29,30). The molecule has 0 aliphatic rings. The molecule has 31 heavy (non-hydrogen) atoms. The van der Waals surface area contributed by atoms with Crippen molar-refractivity contribution >= 4 is 23.6 Å². The minimum absolute atomic E-state index is 0.0500. The molecule has 0 unspecified atom stereocenters. The Morgan fingerprint density at radius 3 is 2.45 bits per heavy atom. The lowest BCUT2D eigenvalue weighted by atomic mass is 9.87. The molecule has 0 atom stereocenters. The van der Waals surface area contributed by atoms with Crippen molar-refractivity contribution in [3.63, 3.8) is 0 Å². The zero-order valence-electron chi connectivity index (χ0n) is 18.3. The van der Waals surface area contributed by atoms with Crippen LogP contribution in [0.5, 0.6) is 0 Å². The van der Waals surface area contributed by atoms with Gasteiger partial charge in [-0.2, -0.15) is 0 Å². The van der Waals surface area contributed by atoms with Gasteiger partial charge < -0.3 is 4.57 Å². The highest BCUT2D eigenvalue weighted by Gasteiger charge is 2.18. The van der Waals surface area contributed by atoms with E-state index in [2.05, 4.69) is 55.0 Å². The zero-order valence-corrected chi connectivity index (χ0v) is 19.1. The van der Waals surface area contributed by atoms with E-state index in [1.807, 2.05) is 16.7 Å². The van der Waals surface area contributed by atoms with Gasteiger partial charge in [0.05, 0.1) is 5.75 Å². The van der Waals surface area contributed by atoms with Crippen molar-refractivity contribution in [2.45, 2.75) is 37.9 Å². The van der Waals surface area contributed by atoms with E-state index in [0.29, 0.717) is 23.2 Å². The first kappa shape index (κ1) is 22.6. The van der Waals surface area contributed by atoms with Crippen LogP contribution in [0, 0.1) is 0 Å². The van der Waals surface area contributed by atoms with Crippen LogP contribution in [0.25, 0.3) is 11.4 Å². The van der Waals surface area contributed by atoms with E-state index in [0.717, 1.165) is 5.56 Å². The fourth-order valence-corrected chi connectivity index (χ4v) is 3.82. The van der Waals surface area contributed by atoms with Crippen molar-refractivity contribution in [2.75, 3.05) is 5.75 Å². The van der Waals surface area contributed by atoms with Gasteiger partial charge in [0.15, 0.2) is 11.0 Å². The second kappa shape index (κ2) is 9.34. The van der Waals surface area contributed by atoms with Crippen molar-refractivity contribution in [1.82, 2.24) is 24.6 Å².